The van der Waals surface area contributed by atoms with Crippen molar-refractivity contribution in [1.82, 2.24) is 15.5 Å². The number of thioether (sulfide) groups is 1. The molecule has 0 unspecified atom stereocenters. The lowest BCUT2D eigenvalue weighted by molar-refractivity contribution is 0.0792. The maximum absolute atomic E-state index is 9.60. The van der Waals surface area contributed by atoms with Crippen molar-refractivity contribution in [3.63, 3.8) is 0 Å². The summed E-state index contributed by atoms with van der Waals surface area (Å²) in [5.74, 6) is 0.836. The summed E-state index contributed by atoms with van der Waals surface area (Å²) in [5.41, 5.74) is 2.57. The Hall–Kier alpha value is -1.24. The zero-order chi connectivity index (χ0) is 19.0. The van der Waals surface area contributed by atoms with Crippen LogP contribution in [0.1, 0.15) is 37.8 Å². The van der Waals surface area contributed by atoms with Crippen molar-refractivity contribution < 1.29 is 5.11 Å². The molecule has 0 saturated carbocycles. The number of hydrogen-bond donors (Lipinski definition) is 3. The van der Waals surface area contributed by atoms with E-state index >= 15 is 0 Å². The van der Waals surface area contributed by atoms with Crippen molar-refractivity contribution in [2.24, 2.45) is 4.99 Å². The van der Waals surface area contributed by atoms with Crippen molar-refractivity contribution in [3.8, 4) is 0 Å². The fourth-order valence-corrected chi connectivity index (χ4v) is 3.09. The maximum Gasteiger partial charge on any atom is 0.191 e. The molecule has 0 amide bonds. The largest absolute Gasteiger partial charge is 0.393 e. The predicted molar refractivity (Wildman–Crippen MR) is 113 cm³/mol. The van der Waals surface area contributed by atoms with E-state index < -0.39 is 0 Å². The molecule has 0 aromatic heterocycles. The summed E-state index contributed by atoms with van der Waals surface area (Å²) in [6, 6.07) is 8.77. The fraction of sp³-hybridized carbons (Fsp3) is 0.650. The molecule has 1 aromatic carbocycles. The summed E-state index contributed by atoms with van der Waals surface area (Å²) < 4.78 is 0.184. The van der Waals surface area contributed by atoms with Gasteiger partial charge in [0.25, 0.3) is 0 Å². The second kappa shape index (κ2) is 10.2. The van der Waals surface area contributed by atoms with Crippen LogP contribution in [0.25, 0.3) is 0 Å². The van der Waals surface area contributed by atoms with Crippen LogP contribution in [0.3, 0.4) is 0 Å². The van der Waals surface area contributed by atoms with Crippen LogP contribution in [-0.2, 0) is 13.1 Å². The van der Waals surface area contributed by atoms with E-state index in [0.29, 0.717) is 0 Å². The zero-order valence-corrected chi connectivity index (χ0v) is 17.4. The number of benzene rings is 1. The topological polar surface area (TPSA) is 59.9 Å². The van der Waals surface area contributed by atoms with E-state index in [1.807, 2.05) is 11.8 Å². The average molecular weight is 379 g/mol. The molecule has 3 N–H and O–H groups in total. The van der Waals surface area contributed by atoms with Crippen LogP contribution in [0.5, 0.6) is 0 Å². The highest BCUT2D eigenvalue weighted by Gasteiger charge is 2.17. The summed E-state index contributed by atoms with van der Waals surface area (Å²) >= 11 is 1.85. The van der Waals surface area contributed by atoms with Crippen LogP contribution in [0, 0.1) is 0 Å². The molecule has 1 saturated heterocycles. The summed E-state index contributed by atoms with van der Waals surface area (Å²) in [6.07, 6.45) is 3.80. The standard InChI is InChI=1S/C20H34N4OS/c1-20(2,26-4)15-23-19(21-3)22-13-16-5-7-17(8-6-16)14-24-11-9-18(25)10-12-24/h5-8,18,25H,9-15H2,1-4H3,(H2,21,22,23). The third-order valence-electron chi connectivity index (χ3n) is 4.90. The quantitative estimate of drug-likeness (QED) is 0.503. The molecule has 26 heavy (non-hydrogen) atoms. The van der Waals surface area contributed by atoms with E-state index in [2.05, 4.69) is 64.9 Å². The molecule has 0 spiro atoms. The fourth-order valence-electron chi connectivity index (χ4n) is 2.87. The minimum Gasteiger partial charge on any atom is -0.393 e. The molecule has 1 aliphatic rings. The molecule has 1 fully saturated rings. The molecule has 0 bridgehead atoms. The van der Waals surface area contributed by atoms with Crippen molar-refractivity contribution in [1.29, 1.82) is 0 Å². The van der Waals surface area contributed by atoms with E-state index in [9.17, 15) is 5.11 Å². The number of aliphatic hydroxyl groups excluding tert-OH is 1. The third-order valence-corrected chi connectivity index (χ3v) is 6.15. The molecule has 0 atom stereocenters. The SMILES string of the molecule is CN=C(NCc1ccc(CN2CCC(O)CC2)cc1)NCC(C)(C)SC. The van der Waals surface area contributed by atoms with Crippen LogP contribution in [0.4, 0.5) is 0 Å². The van der Waals surface area contributed by atoms with Crippen molar-refractivity contribution in [2.45, 2.75) is 50.6 Å². The van der Waals surface area contributed by atoms with Gasteiger partial charge in [0.05, 0.1) is 6.10 Å². The zero-order valence-electron chi connectivity index (χ0n) is 16.6. The molecule has 0 radical (unpaired) electrons. The van der Waals surface area contributed by atoms with E-state index in [0.717, 1.165) is 51.5 Å². The molecule has 0 aliphatic carbocycles. The Labute approximate surface area is 162 Å². The average Bonchev–Trinajstić information content (AvgIpc) is 2.65. The van der Waals surface area contributed by atoms with Gasteiger partial charge >= 0.3 is 0 Å². The molecule has 1 aliphatic heterocycles. The smallest absolute Gasteiger partial charge is 0.191 e. The molecule has 1 heterocycles. The van der Waals surface area contributed by atoms with Gasteiger partial charge in [-0.2, -0.15) is 11.8 Å². The Bertz CT molecular complexity index is 566. The first-order chi connectivity index (χ1) is 12.4. The number of guanidine groups is 1. The van der Waals surface area contributed by atoms with Gasteiger partial charge in [-0.3, -0.25) is 9.89 Å². The van der Waals surface area contributed by atoms with E-state index in [1.54, 1.807) is 7.05 Å². The number of aliphatic hydroxyl groups is 1. The first-order valence-electron chi connectivity index (χ1n) is 9.40. The van der Waals surface area contributed by atoms with Crippen LogP contribution >= 0.6 is 11.8 Å². The van der Waals surface area contributed by atoms with Gasteiger partial charge in [0, 0.05) is 44.5 Å². The monoisotopic (exact) mass is 378 g/mol. The summed E-state index contributed by atoms with van der Waals surface area (Å²) in [4.78, 5) is 6.72. The number of nitrogens with zero attached hydrogens (tertiary/aromatic N) is 2. The maximum atomic E-state index is 9.60. The second-order valence-electron chi connectivity index (χ2n) is 7.57. The second-order valence-corrected chi connectivity index (χ2v) is 9.08. The van der Waals surface area contributed by atoms with Crippen molar-refractivity contribution in [3.05, 3.63) is 35.4 Å². The Kier molecular flexibility index (Phi) is 8.25. The van der Waals surface area contributed by atoms with Gasteiger partial charge < -0.3 is 15.7 Å². The highest BCUT2D eigenvalue weighted by molar-refractivity contribution is 7.99. The third kappa shape index (κ3) is 7.17. The molecule has 5 nitrogen and oxygen atoms in total. The van der Waals surface area contributed by atoms with E-state index in [-0.39, 0.29) is 10.9 Å². The molecule has 2 rings (SSSR count). The van der Waals surface area contributed by atoms with Crippen LogP contribution in [0.15, 0.2) is 29.3 Å². The summed E-state index contributed by atoms with van der Waals surface area (Å²) in [7, 11) is 1.81. The molecule has 146 valence electrons. The van der Waals surface area contributed by atoms with Crippen LogP contribution in [-0.4, -0.2) is 59.8 Å². The highest BCUT2D eigenvalue weighted by atomic mass is 32.2. The Balaban J connectivity index is 1.77. The van der Waals surface area contributed by atoms with Crippen LogP contribution in [0.2, 0.25) is 0 Å². The highest BCUT2D eigenvalue weighted by Crippen LogP contribution is 2.19. The molecule has 6 heteroatoms. The van der Waals surface area contributed by atoms with Gasteiger partial charge in [0.1, 0.15) is 0 Å². The first kappa shape index (κ1) is 21.1. The lowest BCUT2D eigenvalue weighted by Crippen LogP contribution is -2.42. The minimum absolute atomic E-state index is 0.107. The van der Waals surface area contributed by atoms with Gasteiger partial charge in [-0.1, -0.05) is 24.3 Å². The normalized spacial score (nSPS) is 17.3. The summed E-state index contributed by atoms with van der Waals surface area (Å²) in [5, 5.41) is 16.4. The number of piperidine rings is 1. The van der Waals surface area contributed by atoms with E-state index in [1.165, 1.54) is 11.1 Å². The van der Waals surface area contributed by atoms with Gasteiger partial charge in [0.15, 0.2) is 5.96 Å². The van der Waals surface area contributed by atoms with Crippen molar-refractivity contribution in [2.75, 3.05) is 32.9 Å². The summed E-state index contributed by atoms with van der Waals surface area (Å²) in [6.45, 7) is 9.01. The molecular weight excluding hydrogens is 344 g/mol. The van der Waals surface area contributed by atoms with Gasteiger partial charge in [-0.25, -0.2) is 0 Å². The number of likely N-dealkylation sites (tertiary alicyclic amines) is 1. The van der Waals surface area contributed by atoms with E-state index in [4.69, 9.17) is 0 Å². The molecular formula is C20H34N4OS. The Morgan fingerprint density at radius 3 is 2.38 bits per heavy atom. The number of aliphatic imine (C=N–C) groups is 1. The molecule has 1 aromatic rings. The number of rotatable bonds is 7. The predicted octanol–water partition coefficient (Wildman–Crippen LogP) is 2.45. The lowest BCUT2D eigenvalue weighted by Gasteiger charge is -2.29. The Morgan fingerprint density at radius 1 is 1.19 bits per heavy atom. The van der Waals surface area contributed by atoms with Gasteiger partial charge in [0.2, 0.25) is 0 Å². The van der Waals surface area contributed by atoms with Gasteiger partial charge in [-0.05, 0) is 44.1 Å². The Morgan fingerprint density at radius 2 is 1.81 bits per heavy atom. The van der Waals surface area contributed by atoms with Crippen molar-refractivity contribution >= 4 is 17.7 Å². The first-order valence-corrected chi connectivity index (χ1v) is 10.6. The van der Waals surface area contributed by atoms with Crippen LogP contribution < -0.4 is 10.6 Å². The number of hydrogen-bond acceptors (Lipinski definition) is 4. The van der Waals surface area contributed by atoms with Gasteiger partial charge in [-0.15, -0.1) is 0 Å². The lowest BCUT2D eigenvalue weighted by atomic mass is 10.1. The number of nitrogens with one attached hydrogen (secondary N) is 2. The minimum atomic E-state index is -0.107.